The highest BCUT2D eigenvalue weighted by molar-refractivity contribution is 6.23. The summed E-state index contributed by atoms with van der Waals surface area (Å²) in [5.74, 6) is -1.29. The van der Waals surface area contributed by atoms with Crippen molar-refractivity contribution < 1.29 is 19.2 Å². The number of aromatic nitrogens is 4. The lowest BCUT2D eigenvalue weighted by atomic mass is 9.83. The molecule has 2 fully saturated rings. The molecule has 0 spiro atoms. The normalized spacial score (nSPS) is 21.9. The van der Waals surface area contributed by atoms with Crippen LogP contribution in [0.2, 0.25) is 0 Å². The molecular formula is C33H33N7O4. The number of nitrogens with one attached hydrogen (secondary N) is 2. The average Bonchev–Trinajstić information content (AvgIpc) is 3.60. The van der Waals surface area contributed by atoms with Crippen molar-refractivity contribution in [3.8, 4) is 11.3 Å². The zero-order valence-electron chi connectivity index (χ0n) is 24.2. The molecule has 1 saturated carbocycles. The van der Waals surface area contributed by atoms with Crippen molar-refractivity contribution >= 4 is 40.3 Å². The molecule has 4 amide bonds. The Kier molecular flexibility index (Phi) is 7.37. The molecule has 2 aliphatic heterocycles. The molecule has 1 aliphatic carbocycles. The van der Waals surface area contributed by atoms with E-state index in [4.69, 9.17) is 4.98 Å². The monoisotopic (exact) mass is 591 g/mol. The third kappa shape index (κ3) is 5.45. The molecule has 1 unspecified atom stereocenters. The molecule has 11 nitrogen and oxygen atoms in total. The van der Waals surface area contributed by atoms with E-state index in [0.717, 1.165) is 77.9 Å². The van der Waals surface area contributed by atoms with Gasteiger partial charge >= 0.3 is 0 Å². The molecule has 4 heterocycles. The van der Waals surface area contributed by atoms with E-state index in [0.29, 0.717) is 23.1 Å². The number of imide groups is 2. The number of hydrogen-bond acceptors (Lipinski definition) is 8. The number of para-hydroxylation sites is 2. The minimum Gasteiger partial charge on any atom is -0.382 e. The van der Waals surface area contributed by atoms with Crippen LogP contribution in [0.1, 0.15) is 72.1 Å². The van der Waals surface area contributed by atoms with Gasteiger partial charge in [-0.05, 0) is 81.2 Å². The number of fused-ring (bicyclic) bond motifs is 2. The number of carbonyl (C=O) groups is 4. The van der Waals surface area contributed by atoms with Crippen LogP contribution in [0.25, 0.3) is 22.3 Å². The third-order valence-corrected chi connectivity index (χ3v) is 9.03. The molecule has 7 rings (SSSR count). The van der Waals surface area contributed by atoms with Crippen LogP contribution in [0.4, 0.5) is 5.69 Å². The molecule has 224 valence electrons. The molecule has 1 saturated heterocycles. The summed E-state index contributed by atoms with van der Waals surface area (Å²) in [5, 5.41) is 10.3. The molecule has 4 aromatic rings. The predicted molar refractivity (Wildman–Crippen MR) is 162 cm³/mol. The molecule has 1 atom stereocenters. The number of rotatable bonds is 8. The average molecular weight is 592 g/mol. The van der Waals surface area contributed by atoms with Crippen LogP contribution < -0.4 is 10.6 Å². The molecule has 2 aromatic carbocycles. The van der Waals surface area contributed by atoms with E-state index in [-0.39, 0.29) is 18.7 Å². The Morgan fingerprint density at radius 3 is 2.50 bits per heavy atom. The van der Waals surface area contributed by atoms with E-state index < -0.39 is 23.8 Å². The number of amides is 4. The highest BCUT2D eigenvalue weighted by atomic mass is 16.2. The largest absolute Gasteiger partial charge is 0.382 e. The fourth-order valence-electron chi connectivity index (χ4n) is 6.65. The van der Waals surface area contributed by atoms with Crippen molar-refractivity contribution in [3.63, 3.8) is 0 Å². The molecule has 3 aliphatic rings. The van der Waals surface area contributed by atoms with Crippen molar-refractivity contribution in [1.82, 2.24) is 30.0 Å². The summed E-state index contributed by atoms with van der Waals surface area (Å²) in [4.78, 5) is 60.2. The first-order valence-electron chi connectivity index (χ1n) is 15.3. The van der Waals surface area contributed by atoms with Gasteiger partial charge < -0.3 is 5.32 Å². The van der Waals surface area contributed by atoms with Crippen LogP contribution >= 0.6 is 0 Å². The quantitative estimate of drug-likeness (QED) is 0.289. The molecule has 0 radical (unpaired) electrons. The van der Waals surface area contributed by atoms with Gasteiger partial charge in [0, 0.05) is 36.5 Å². The van der Waals surface area contributed by atoms with Crippen molar-refractivity contribution in [3.05, 3.63) is 72.2 Å². The van der Waals surface area contributed by atoms with Crippen molar-refractivity contribution in [2.45, 2.75) is 70.0 Å². The predicted octanol–water partition coefficient (Wildman–Crippen LogP) is 4.35. The summed E-state index contributed by atoms with van der Waals surface area (Å²) >= 11 is 0. The van der Waals surface area contributed by atoms with Crippen LogP contribution in [-0.2, 0) is 16.1 Å². The topological polar surface area (TPSA) is 139 Å². The van der Waals surface area contributed by atoms with E-state index in [1.165, 1.54) is 0 Å². The minimum absolute atomic E-state index is 0.102. The summed E-state index contributed by atoms with van der Waals surface area (Å²) in [5.41, 5.74) is 4.94. The molecule has 0 bridgehead atoms. The lowest BCUT2D eigenvalue weighted by Crippen LogP contribution is -2.54. The number of hydrogen-bond donors (Lipinski definition) is 2. The van der Waals surface area contributed by atoms with Crippen molar-refractivity contribution in [1.29, 1.82) is 0 Å². The highest BCUT2D eigenvalue weighted by Crippen LogP contribution is 2.33. The van der Waals surface area contributed by atoms with Gasteiger partial charge in [-0.1, -0.05) is 12.1 Å². The van der Waals surface area contributed by atoms with Gasteiger partial charge in [0.15, 0.2) is 0 Å². The third-order valence-electron chi connectivity index (χ3n) is 9.03. The number of aryl methyl sites for hydroxylation is 1. The first-order valence-corrected chi connectivity index (χ1v) is 15.3. The Hall–Kier alpha value is -4.93. The van der Waals surface area contributed by atoms with Gasteiger partial charge in [-0.2, -0.15) is 5.10 Å². The summed E-state index contributed by atoms with van der Waals surface area (Å²) in [7, 11) is 0. The standard InChI is InChI=1S/C33H33N7O4/c41-30-14-13-29(31(42)38-30)40-32(43)24-12-11-23(16-25(24)33(40)44)36-22-9-7-20(8-10-22)4-3-15-39-19-21(17-35-39)28-18-34-26-5-1-2-6-27(26)37-28/h1-2,5-6,11-12,16-20,22,29,36H,3-4,7-10,13-15H2,(H,38,41,42). The van der Waals surface area contributed by atoms with E-state index in [1.807, 2.05) is 47.4 Å². The highest BCUT2D eigenvalue weighted by Gasteiger charge is 2.44. The first-order chi connectivity index (χ1) is 21.4. The number of nitrogens with zero attached hydrogens (tertiary/aromatic N) is 5. The van der Waals surface area contributed by atoms with E-state index in [2.05, 4.69) is 20.7 Å². The molecule has 2 N–H and O–H groups in total. The van der Waals surface area contributed by atoms with Gasteiger partial charge in [0.2, 0.25) is 11.8 Å². The van der Waals surface area contributed by atoms with Gasteiger partial charge in [-0.25, -0.2) is 4.98 Å². The number of carbonyl (C=O) groups excluding carboxylic acids is 4. The van der Waals surface area contributed by atoms with Crippen LogP contribution in [0, 0.1) is 5.92 Å². The summed E-state index contributed by atoms with van der Waals surface area (Å²) in [6.45, 7) is 0.858. The Balaban J connectivity index is 0.888. The maximum absolute atomic E-state index is 13.1. The Morgan fingerprint density at radius 2 is 1.68 bits per heavy atom. The molecule has 2 aromatic heterocycles. The SMILES string of the molecule is O=C1CCC(N2C(=O)c3ccc(NC4CCC(CCCn5cc(-c6cnc7ccccc7n6)cn5)CC4)cc3C2=O)C(=O)N1. The van der Waals surface area contributed by atoms with Crippen molar-refractivity contribution in [2.24, 2.45) is 5.92 Å². The smallest absolute Gasteiger partial charge is 0.262 e. The van der Waals surface area contributed by atoms with Crippen LogP contribution in [-0.4, -0.2) is 60.4 Å². The van der Waals surface area contributed by atoms with Gasteiger partial charge in [0.25, 0.3) is 11.8 Å². The van der Waals surface area contributed by atoms with Gasteiger partial charge in [0.05, 0.1) is 40.2 Å². The summed E-state index contributed by atoms with van der Waals surface area (Å²) in [6, 6.07) is 12.4. The Morgan fingerprint density at radius 1 is 0.886 bits per heavy atom. The van der Waals surface area contributed by atoms with Gasteiger partial charge in [-0.15, -0.1) is 0 Å². The molecule has 44 heavy (non-hydrogen) atoms. The fourth-order valence-corrected chi connectivity index (χ4v) is 6.65. The molecule has 11 heteroatoms. The van der Waals surface area contributed by atoms with Crippen LogP contribution in [0.3, 0.4) is 0 Å². The second kappa shape index (κ2) is 11.6. The van der Waals surface area contributed by atoms with Crippen LogP contribution in [0.5, 0.6) is 0 Å². The zero-order chi connectivity index (χ0) is 30.2. The fraction of sp³-hybridized carbons (Fsp3) is 0.364. The van der Waals surface area contributed by atoms with Gasteiger partial charge in [-0.3, -0.25) is 39.1 Å². The number of benzene rings is 2. The lowest BCUT2D eigenvalue weighted by Gasteiger charge is -2.30. The van der Waals surface area contributed by atoms with E-state index >= 15 is 0 Å². The van der Waals surface area contributed by atoms with Crippen LogP contribution in [0.15, 0.2) is 61.1 Å². The zero-order valence-corrected chi connectivity index (χ0v) is 24.2. The second-order valence-corrected chi connectivity index (χ2v) is 11.9. The maximum atomic E-state index is 13.1. The number of piperidine rings is 1. The number of anilines is 1. The Bertz CT molecular complexity index is 1770. The minimum atomic E-state index is -0.957. The van der Waals surface area contributed by atoms with Gasteiger partial charge in [0.1, 0.15) is 6.04 Å². The lowest BCUT2D eigenvalue weighted by molar-refractivity contribution is -0.136. The Labute approximate surface area is 254 Å². The van der Waals surface area contributed by atoms with Crippen molar-refractivity contribution in [2.75, 3.05) is 5.32 Å². The van der Waals surface area contributed by atoms with E-state index in [1.54, 1.807) is 18.3 Å². The maximum Gasteiger partial charge on any atom is 0.262 e. The summed E-state index contributed by atoms with van der Waals surface area (Å²) in [6.07, 6.45) is 12.4. The molecular weight excluding hydrogens is 558 g/mol. The summed E-state index contributed by atoms with van der Waals surface area (Å²) < 4.78 is 1.99. The second-order valence-electron chi connectivity index (χ2n) is 11.9. The van der Waals surface area contributed by atoms with E-state index in [9.17, 15) is 19.2 Å². The first kappa shape index (κ1) is 27.9.